The Labute approximate surface area is 128 Å². The molecule has 2 heteroatoms. The Morgan fingerprint density at radius 3 is 2.60 bits per heavy atom. The topological polar surface area (TPSA) is 20.2 Å². The summed E-state index contributed by atoms with van der Waals surface area (Å²) in [7, 11) is 0. The maximum absolute atomic E-state index is 10.6. The third-order valence-electron chi connectivity index (χ3n) is 4.33. The molecule has 0 heterocycles. The third-order valence-corrected chi connectivity index (χ3v) is 4.82. The molecule has 0 aromatic heterocycles. The van der Waals surface area contributed by atoms with Crippen LogP contribution in [0.5, 0.6) is 0 Å². The number of aryl methyl sites for hydroxylation is 1. The SMILES string of the molecule is Cc1cc(Br)ccc1C(O)c1cccc(C2CCC2)c1. The lowest BCUT2D eigenvalue weighted by Gasteiger charge is -2.26. The molecule has 0 bridgehead atoms. The number of benzene rings is 2. The van der Waals surface area contributed by atoms with Gasteiger partial charge in [-0.1, -0.05) is 52.7 Å². The van der Waals surface area contributed by atoms with Gasteiger partial charge in [0.2, 0.25) is 0 Å². The fraction of sp³-hybridized carbons (Fsp3) is 0.333. The molecule has 1 aliphatic rings. The van der Waals surface area contributed by atoms with Crippen molar-refractivity contribution in [2.45, 2.75) is 38.2 Å². The first-order chi connectivity index (χ1) is 9.65. The van der Waals surface area contributed by atoms with Gasteiger partial charge in [0.15, 0.2) is 0 Å². The first-order valence-corrected chi connectivity index (χ1v) is 7.98. The molecule has 104 valence electrons. The molecule has 20 heavy (non-hydrogen) atoms. The van der Waals surface area contributed by atoms with Crippen LogP contribution in [0.4, 0.5) is 0 Å². The van der Waals surface area contributed by atoms with E-state index >= 15 is 0 Å². The van der Waals surface area contributed by atoms with Crippen molar-refractivity contribution in [1.29, 1.82) is 0 Å². The Morgan fingerprint density at radius 2 is 1.95 bits per heavy atom. The van der Waals surface area contributed by atoms with Crippen LogP contribution in [0.25, 0.3) is 0 Å². The molecule has 0 saturated heterocycles. The van der Waals surface area contributed by atoms with Gasteiger partial charge in [0.25, 0.3) is 0 Å². The summed E-state index contributed by atoms with van der Waals surface area (Å²) in [6.45, 7) is 2.04. The van der Waals surface area contributed by atoms with Crippen LogP contribution in [0, 0.1) is 6.92 Å². The Kier molecular flexibility index (Phi) is 3.95. The van der Waals surface area contributed by atoms with E-state index in [-0.39, 0.29) is 0 Å². The van der Waals surface area contributed by atoms with E-state index in [2.05, 4.69) is 34.1 Å². The number of aliphatic hydroxyl groups excluding tert-OH is 1. The Bertz CT molecular complexity index is 617. The predicted molar refractivity (Wildman–Crippen MR) is 86.0 cm³/mol. The van der Waals surface area contributed by atoms with Gasteiger partial charge in [-0.25, -0.2) is 0 Å². The largest absolute Gasteiger partial charge is 0.384 e. The first-order valence-electron chi connectivity index (χ1n) is 7.19. The highest BCUT2D eigenvalue weighted by Gasteiger charge is 2.21. The fourth-order valence-corrected chi connectivity index (χ4v) is 3.33. The fourth-order valence-electron chi connectivity index (χ4n) is 2.85. The number of halogens is 1. The molecule has 1 nitrogen and oxygen atoms in total. The summed E-state index contributed by atoms with van der Waals surface area (Å²) in [4.78, 5) is 0. The molecule has 1 fully saturated rings. The molecule has 0 spiro atoms. The minimum Gasteiger partial charge on any atom is -0.384 e. The highest BCUT2D eigenvalue weighted by molar-refractivity contribution is 9.10. The van der Waals surface area contributed by atoms with Crippen LogP contribution in [-0.4, -0.2) is 5.11 Å². The van der Waals surface area contributed by atoms with Crippen molar-refractivity contribution >= 4 is 15.9 Å². The minimum atomic E-state index is -0.539. The maximum atomic E-state index is 10.6. The summed E-state index contributed by atoms with van der Waals surface area (Å²) in [5.74, 6) is 0.702. The van der Waals surface area contributed by atoms with Crippen molar-refractivity contribution in [2.75, 3.05) is 0 Å². The highest BCUT2D eigenvalue weighted by atomic mass is 79.9. The molecule has 1 aliphatic carbocycles. The number of aliphatic hydroxyl groups is 1. The zero-order valence-electron chi connectivity index (χ0n) is 11.6. The van der Waals surface area contributed by atoms with Crippen molar-refractivity contribution in [3.63, 3.8) is 0 Å². The molecule has 1 unspecified atom stereocenters. The predicted octanol–water partition coefficient (Wildman–Crippen LogP) is 5.11. The van der Waals surface area contributed by atoms with Crippen molar-refractivity contribution in [2.24, 2.45) is 0 Å². The lowest BCUT2D eigenvalue weighted by Crippen LogP contribution is -2.10. The molecular weight excluding hydrogens is 312 g/mol. The average molecular weight is 331 g/mol. The van der Waals surface area contributed by atoms with Gasteiger partial charge >= 0.3 is 0 Å². The van der Waals surface area contributed by atoms with E-state index in [0.717, 1.165) is 21.2 Å². The van der Waals surface area contributed by atoms with Gasteiger partial charge < -0.3 is 5.11 Å². The van der Waals surface area contributed by atoms with Gasteiger partial charge in [-0.2, -0.15) is 0 Å². The van der Waals surface area contributed by atoms with Crippen molar-refractivity contribution in [1.82, 2.24) is 0 Å². The second-order valence-corrected chi connectivity index (χ2v) is 6.62. The number of hydrogen-bond acceptors (Lipinski definition) is 1. The minimum absolute atomic E-state index is 0.539. The summed E-state index contributed by atoms with van der Waals surface area (Å²) in [6.07, 6.45) is 3.37. The van der Waals surface area contributed by atoms with E-state index in [9.17, 15) is 5.11 Å². The molecule has 1 saturated carbocycles. The van der Waals surface area contributed by atoms with Crippen LogP contribution in [0.3, 0.4) is 0 Å². The summed E-state index contributed by atoms with van der Waals surface area (Å²) in [5, 5.41) is 10.6. The van der Waals surface area contributed by atoms with Crippen LogP contribution in [0.2, 0.25) is 0 Å². The molecule has 0 radical (unpaired) electrons. The van der Waals surface area contributed by atoms with E-state index in [1.807, 2.05) is 31.2 Å². The van der Waals surface area contributed by atoms with Gasteiger partial charge in [0, 0.05) is 4.47 Å². The Balaban J connectivity index is 1.91. The molecule has 1 atom stereocenters. The summed E-state index contributed by atoms with van der Waals surface area (Å²) in [5.41, 5.74) is 4.47. The zero-order chi connectivity index (χ0) is 14.1. The normalized spacial score (nSPS) is 16.8. The van der Waals surface area contributed by atoms with Crippen molar-refractivity contribution < 1.29 is 5.11 Å². The molecule has 2 aromatic carbocycles. The molecule has 2 aromatic rings. The number of rotatable bonds is 3. The maximum Gasteiger partial charge on any atom is 0.104 e. The Hall–Kier alpha value is -1.12. The van der Waals surface area contributed by atoms with Crippen LogP contribution >= 0.6 is 15.9 Å². The summed E-state index contributed by atoms with van der Waals surface area (Å²) in [6, 6.07) is 14.5. The van der Waals surface area contributed by atoms with Crippen LogP contribution in [0.1, 0.15) is 53.5 Å². The van der Waals surface area contributed by atoms with E-state index in [1.54, 1.807) is 0 Å². The first kappa shape index (κ1) is 13.8. The Morgan fingerprint density at radius 1 is 1.15 bits per heavy atom. The molecule has 0 aliphatic heterocycles. The summed E-state index contributed by atoms with van der Waals surface area (Å²) >= 11 is 3.47. The lowest BCUT2D eigenvalue weighted by atomic mass is 9.79. The lowest BCUT2D eigenvalue weighted by molar-refractivity contribution is 0.219. The smallest absolute Gasteiger partial charge is 0.104 e. The monoisotopic (exact) mass is 330 g/mol. The second kappa shape index (κ2) is 5.71. The van der Waals surface area contributed by atoms with Gasteiger partial charge in [-0.05, 0) is 60.1 Å². The standard InChI is InChI=1S/C18H19BrO/c1-12-10-16(19)8-9-17(12)18(20)15-7-3-6-14(11-15)13-4-2-5-13/h3,6-11,13,18,20H,2,4-5H2,1H3. The molecular formula is C18H19BrO. The van der Waals surface area contributed by atoms with E-state index < -0.39 is 6.10 Å². The quantitative estimate of drug-likeness (QED) is 0.829. The summed E-state index contributed by atoms with van der Waals surface area (Å²) < 4.78 is 1.05. The van der Waals surface area contributed by atoms with Gasteiger partial charge in [-0.3, -0.25) is 0 Å². The van der Waals surface area contributed by atoms with Crippen molar-refractivity contribution in [3.8, 4) is 0 Å². The number of hydrogen-bond donors (Lipinski definition) is 1. The molecule has 0 amide bonds. The van der Waals surface area contributed by atoms with Crippen molar-refractivity contribution in [3.05, 3.63) is 69.2 Å². The van der Waals surface area contributed by atoms with Crippen LogP contribution in [-0.2, 0) is 0 Å². The van der Waals surface area contributed by atoms with E-state index in [0.29, 0.717) is 5.92 Å². The van der Waals surface area contributed by atoms with Gasteiger partial charge in [0.05, 0.1) is 0 Å². The highest BCUT2D eigenvalue weighted by Crippen LogP contribution is 2.37. The molecule has 3 rings (SSSR count). The second-order valence-electron chi connectivity index (χ2n) is 5.70. The third kappa shape index (κ3) is 2.68. The average Bonchev–Trinajstić information content (AvgIpc) is 2.36. The zero-order valence-corrected chi connectivity index (χ0v) is 13.2. The van der Waals surface area contributed by atoms with Gasteiger partial charge in [-0.15, -0.1) is 0 Å². The van der Waals surface area contributed by atoms with E-state index in [4.69, 9.17) is 0 Å². The molecule has 1 N–H and O–H groups in total. The van der Waals surface area contributed by atoms with Crippen LogP contribution in [0.15, 0.2) is 46.9 Å². The van der Waals surface area contributed by atoms with Crippen LogP contribution < -0.4 is 0 Å². The van der Waals surface area contributed by atoms with Gasteiger partial charge in [0.1, 0.15) is 6.10 Å². The van der Waals surface area contributed by atoms with E-state index in [1.165, 1.54) is 24.8 Å².